The topological polar surface area (TPSA) is 9.23 Å². The molecular weight excluding hydrogens is 128 g/mol. The van der Waals surface area contributed by atoms with E-state index >= 15 is 0 Å². The summed E-state index contributed by atoms with van der Waals surface area (Å²) in [5.74, 6) is 0. The van der Waals surface area contributed by atoms with Gasteiger partial charge in [-0.3, -0.25) is 0 Å². The van der Waals surface area contributed by atoms with Gasteiger partial charge in [-0.2, -0.15) is 0 Å². The lowest BCUT2D eigenvalue weighted by Crippen LogP contribution is -2.03. The van der Waals surface area contributed by atoms with Crippen LogP contribution in [0, 0.1) is 0 Å². The average Bonchev–Trinajstić information content (AvgIpc) is 1.68. The molecule has 7 heavy (non-hydrogen) atoms. The van der Waals surface area contributed by atoms with E-state index in [0.29, 0.717) is 0 Å². The maximum Gasteiger partial charge on any atom is 0.277 e. The van der Waals surface area contributed by atoms with Gasteiger partial charge in [-0.15, -0.1) is 17.7 Å². The number of hydrogen-bond donors (Lipinski definition) is 0. The van der Waals surface area contributed by atoms with Gasteiger partial charge >= 0.3 is 0 Å². The lowest BCUT2D eigenvalue weighted by atomic mass is 10.8. The highest BCUT2D eigenvalue weighted by molar-refractivity contribution is 7.03. The molecule has 0 saturated carbocycles. The highest BCUT2D eigenvalue weighted by atomic mass is 35.6. The van der Waals surface area contributed by atoms with Crippen LogP contribution < -0.4 is 0 Å². The molecule has 0 N–H and O–H groups in total. The Balaban J connectivity index is 2.98. The Morgan fingerprint density at radius 2 is 2.57 bits per heavy atom. The Morgan fingerprint density at radius 1 is 2.00 bits per heavy atom. The molecule has 0 rings (SSSR count). The standard InChI is InChI=1S/C4H9ClOSi/c1-3-4-7(5)6-2/h3,7H,1,4H2,2H3. The van der Waals surface area contributed by atoms with Crippen LogP contribution in [0.3, 0.4) is 0 Å². The van der Waals surface area contributed by atoms with E-state index in [0.717, 1.165) is 6.04 Å². The second kappa shape index (κ2) is 4.37. The van der Waals surface area contributed by atoms with Crippen molar-refractivity contribution in [2.45, 2.75) is 6.04 Å². The summed E-state index contributed by atoms with van der Waals surface area (Å²) in [7, 11) is 0.305. The Morgan fingerprint density at radius 3 is 2.71 bits per heavy atom. The fourth-order valence-electron chi connectivity index (χ4n) is 0.227. The molecule has 0 radical (unpaired) electrons. The second-order valence-electron chi connectivity index (χ2n) is 1.17. The number of halogens is 1. The minimum Gasteiger partial charge on any atom is -0.409 e. The van der Waals surface area contributed by atoms with Crippen LogP contribution in [0.4, 0.5) is 0 Å². The number of rotatable bonds is 3. The van der Waals surface area contributed by atoms with Crippen LogP contribution in [0.15, 0.2) is 12.7 Å². The van der Waals surface area contributed by atoms with E-state index in [2.05, 4.69) is 6.58 Å². The van der Waals surface area contributed by atoms with Gasteiger partial charge in [0.1, 0.15) is 0 Å². The summed E-state index contributed by atoms with van der Waals surface area (Å²) >= 11 is 5.61. The molecule has 1 atom stereocenters. The summed E-state index contributed by atoms with van der Waals surface area (Å²) in [5.41, 5.74) is 0. The van der Waals surface area contributed by atoms with Gasteiger partial charge in [-0.05, 0) is 6.04 Å². The van der Waals surface area contributed by atoms with Crippen molar-refractivity contribution in [1.29, 1.82) is 0 Å². The van der Waals surface area contributed by atoms with Gasteiger partial charge in [-0.1, -0.05) is 6.08 Å². The third-order valence-corrected chi connectivity index (χ3v) is 2.89. The van der Waals surface area contributed by atoms with Crippen LogP contribution >= 0.6 is 11.1 Å². The fourth-order valence-corrected chi connectivity index (χ4v) is 1.06. The number of allylic oxidation sites excluding steroid dienone is 1. The minimum absolute atomic E-state index is 0.845. The zero-order valence-corrected chi connectivity index (χ0v) is 6.27. The van der Waals surface area contributed by atoms with Crippen molar-refractivity contribution in [1.82, 2.24) is 0 Å². The molecule has 0 fully saturated rings. The lowest BCUT2D eigenvalue weighted by molar-refractivity contribution is 0.437. The van der Waals surface area contributed by atoms with E-state index in [1.54, 1.807) is 13.2 Å². The molecule has 0 aliphatic carbocycles. The maximum atomic E-state index is 5.61. The van der Waals surface area contributed by atoms with Crippen molar-refractivity contribution in [3.8, 4) is 0 Å². The van der Waals surface area contributed by atoms with Crippen molar-refractivity contribution < 1.29 is 4.43 Å². The van der Waals surface area contributed by atoms with Crippen molar-refractivity contribution in [2.75, 3.05) is 7.11 Å². The fraction of sp³-hybridized carbons (Fsp3) is 0.500. The Hall–Kier alpha value is 0.207. The van der Waals surface area contributed by atoms with Crippen LogP contribution in [0.5, 0.6) is 0 Å². The molecule has 0 saturated heterocycles. The summed E-state index contributed by atoms with van der Waals surface area (Å²) in [4.78, 5) is 0. The van der Waals surface area contributed by atoms with Gasteiger partial charge in [0.25, 0.3) is 8.35 Å². The first-order valence-electron chi connectivity index (χ1n) is 2.09. The first-order valence-corrected chi connectivity index (χ1v) is 5.12. The van der Waals surface area contributed by atoms with E-state index in [4.69, 9.17) is 15.5 Å². The van der Waals surface area contributed by atoms with Crippen LogP contribution in [0.25, 0.3) is 0 Å². The Bertz CT molecular complexity index is 57.7. The second-order valence-corrected chi connectivity index (χ2v) is 4.39. The quantitative estimate of drug-likeness (QED) is 0.323. The van der Waals surface area contributed by atoms with Gasteiger partial charge in [0.05, 0.1) is 0 Å². The third-order valence-electron chi connectivity index (χ3n) is 0.608. The molecule has 0 spiro atoms. The van der Waals surface area contributed by atoms with E-state index in [1.165, 1.54) is 0 Å². The first-order chi connectivity index (χ1) is 3.31. The largest absolute Gasteiger partial charge is 0.409 e. The third kappa shape index (κ3) is 4.05. The van der Waals surface area contributed by atoms with Crippen molar-refractivity contribution in [3.05, 3.63) is 12.7 Å². The SMILES string of the molecule is C=CC[SiH](Cl)OC. The van der Waals surface area contributed by atoms with E-state index < -0.39 is 8.35 Å². The molecule has 0 aromatic heterocycles. The Kier molecular flexibility index (Phi) is 4.50. The molecular formula is C4H9ClOSi. The van der Waals surface area contributed by atoms with Crippen LogP contribution in [-0.4, -0.2) is 15.5 Å². The molecule has 0 aromatic rings. The monoisotopic (exact) mass is 136 g/mol. The molecule has 1 nitrogen and oxygen atoms in total. The zero-order valence-electron chi connectivity index (χ0n) is 4.36. The Labute approximate surface area is 50.4 Å². The van der Waals surface area contributed by atoms with Crippen molar-refractivity contribution >= 4 is 19.4 Å². The molecule has 0 bridgehead atoms. The smallest absolute Gasteiger partial charge is 0.277 e. The van der Waals surface area contributed by atoms with E-state index in [-0.39, 0.29) is 0 Å². The van der Waals surface area contributed by atoms with E-state index in [9.17, 15) is 0 Å². The van der Waals surface area contributed by atoms with E-state index in [1.807, 2.05) is 0 Å². The van der Waals surface area contributed by atoms with Crippen molar-refractivity contribution in [2.24, 2.45) is 0 Å². The number of hydrogen-bond acceptors (Lipinski definition) is 1. The average molecular weight is 137 g/mol. The summed E-state index contributed by atoms with van der Waals surface area (Å²) in [6.07, 6.45) is 1.79. The minimum atomic E-state index is -1.33. The van der Waals surface area contributed by atoms with Gasteiger partial charge in [0, 0.05) is 7.11 Å². The van der Waals surface area contributed by atoms with Gasteiger partial charge in [0.2, 0.25) is 0 Å². The normalized spacial score (nSPS) is 13.4. The van der Waals surface area contributed by atoms with Gasteiger partial charge < -0.3 is 4.43 Å². The van der Waals surface area contributed by atoms with Gasteiger partial charge in [0.15, 0.2) is 0 Å². The highest BCUT2D eigenvalue weighted by Crippen LogP contribution is 1.96. The predicted molar refractivity (Wildman–Crippen MR) is 35.0 cm³/mol. The highest BCUT2D eigenvalue weighted by Gasteiger charge is 1.98. The summed E-state index contributed by atoms with van der Waals surface area (Å²) in [6.45, 7) is 3.52. The van der Waals surface area contributed by atoms with Crippen LogP contribution in [0.2, 0.25) is 6.04 Å². The summed E-state index contributed by atoms with van der Waals surface area (Å²) < 4.78 is 4.82. The summed E-state index contributed by atoms with van der Waals surface area (Å²) in [5, 5.41) is 0. The molecule has 42 valence electrons. The predicted octanol–water partition coefficient (Wildman–Crippen LogP) is 1.28. The maximum absolute atomic E-state index is 5.61. The van der Waals surface area contributed by atoms with Crippen LogP contribution in [-0.2, 0) is 4.43 Å². The van der Waals surface area contributed by atoms with Crippen LogP contribution in [0.1, 0.15) is 0 Å². The molecule has 1 unspecified atom stereocenters. The van der Waals surface area contributed by atoms with Crippen molar-refractivity contribution in [3.63, 3.8) is 0 Å². The molecule has 0 aromatic carbocycles. The summed E-state index contributed by atoms with van der Waals surface area (Å²) in [6, 6.07) is 0.845. The lowest BCUT2D eigenvalue weighted by Gasteiger charge is -1.96. The molecule has 0 aliphatic rings. The van der Waals surface area contributed by atoms with Gasteiger partial charge in [-0.25, -0.2) is 0 Å². The molecule has 0 heterocycles. The first kappa shape index (κ1) is 7.21. The zero-order chi connectivity index (χ0) is 5.70. The molecule has 0 aliphatic heterocycles. The molecule has 3 heteroatoms. The molecule has 0 amide bonds.